The van der Waals surface area contributed by atoms with Crippen molar-refractivity contribution in [2.75, 3.05) is 24.0 Å². The minimum absolute atomic E-state index is 0.0839. The summed E-state index contributed by atoms with van der Waals surface area (Å²) in [6, 6.07) is 5.19. The van der Waals surface area contributed by atoms with Gasteiger partial charge in [-0.05, 0) is 61.4 Å². The number of nitrogens with zero attached hydrogens (tertiary/aromatic N) is 2. The first-order valence-corrected chi connectivity index (χ1v) is 8.55. The monoisotopic (exact) mass is 460 g/mol. The van der Waals surface area contributed by atoms with Gasteiger partial charge in [0.25, 0.3) is 0 Å². The summed E-state index contributed by atoms with van der Waals surface area (Å²) < 4.78 is 10.8. The Morgan fingerprint density at radius 1 is 1.28 bits per heavy atom. The van der Waals surface area contributed by atoms with Crippen molar-refractivity contribution in [1.82, 2.24) is 0 Å². The summed E-state index contributed by atoms with van der Waals surface area (Å²) in [5.74, 6) is 4.85. The minimum atomic E-state index is -0.739. The molecule has 0 aromatic heterocycles. The molecule has 1 aromatic rings. The lowest BCUT2D eigenvalue weighted by Gasteiger charge is -2.24. The molecule has 0 amide bonds. The zero-order valence-electron chi connectivity index (χ0n) is 14.1. The average molecular weight is 460 g/mol. The number of hydrogen-bond acceptors (Lipinski definition) is 8. The van der Waals surface area contributed by atoms with E-state index in [2.05, 4.69) is 34.3 Å². The van der Waals surface area contributed by atoms with Crippen LogP contribution in [0.5, 0.6) is 0 Å². The zero-order valence-corrected chi connectivity index (χ0v) is 16.3. The first kappa shape index (κ1) is 20.9. The van der Waals surface area contributed by atoms with E-state index in [0.717, 1.165) is 8.58 Å². The number of nitrogen functional groups attached to an aromatic ring is 1. The number of aliphatic imine (C=N–C) groups is 1. The molecule has 136 valence electrons. The predicted molar refractivity (Wildman–Crippen MR) is 105 cm³/mol. The molecule has 0 spiro atoms. The maximum Gasteiger partial charge on any atom is 0.358 e. The van der Waals surface area contributed by atoms with Gasteiger partial charge in [-0.1, -0.05) is 0 Å². The van der Waals surface area contributed by atoms with E-state index in [0.29, 0.717) is 11.4 Å². The number of esters is 2. The van der Waals surface area contributed by atoms with Gasteiger partial charge >= 0.3 is 11.9 Å². The van der Waals surface area contributed by atoms with Crippen molar-refractivity contribution < 1.29 is 19.1 Å². The number of carbonyl (C=O) groups is 2. The third-order valence-electron chi connectivity index (χ3n) is 3.06. The second kappa shape index (κ2) is 9.99. The van der Waals surface area contributed by atoms with Crippen LogP contribution in [0.1, 0.15) is 20.3 Å². The number of rotatable bonds is 8. The van der Waals surface area contributed by atoms with Crippen molar-refractivity contribution in [3.8, 4) is 0 Å². The van der Waals surface area contributed by atoms with Crippen LogP contribution in [0.2, 0.25) is 0 Å². The highest BCUT2D eigenvalue weighted by Gasteiger charge is 2.24. The van der Waals surface area contributed by atoms with Crippen LogP contribution in [0.4, 0.5) is 11.4 Å². The number of ether oxygens (including phenoxy) is 2. The van der Waals surface area contributed by atoms with E-state index in [9.17, 15) is 9.59 Å². The summed E-state index contributed by atoms with van der Waals surface area (Å²) in [6.45, 7) is 7.04. The largest absolute Gasteiger partial charge is 0.466 e. The molecule has 1 aromatic carbocycles. The lowest BCUT2D eigenvalue weighted by atomic mass is 10.2. The second-order valence-corrected chi connectivity index (χ2v) is 5.97. The van der Waals surface area contributed by atoms with E-state index in [-0.39, 0.29) is 31.0 Å². The summed E-state index contributed by atoms with van der Waals surface area (Å²) in [5, 5.41) is 1.13. The number of carbonyl (C=O) groups excluding carboxylic acids is 2. The molecular formula is C16H21IN4O4. The quantitative estimate of drug-likeness (QED) is 0.116. The number of nitrogens with two attached hydrogens (primary N) is 2. The van der Waals surface area contributed by atoms with Crippen LogP contribution in [0.3, 0.4) is 0 Å². The summed E-state index contributed by atoms with van der Waals surface area (Å²) in [5.41, 5.74) is 6.67. The van der Waals surface area contributed by atoms with Gasteiger partial charge in [0.2, 0.25) is 0 Å². The van der Waals surface area contributed by atoms with Crippen molar-refractivity contribution in [3.63, 3.8) is 0 Å². The number of hydrazine groups is 1. The molecule has 0 saturated heterocycles. The van der Waals surface area contributed by atoms with Crippen molar-refractivity contribution in [2.45, 2.75) is 20.3 Å². The van der Waals surface area contributed by atoms with Gasteiger partial charge in [-0.25, -0.2) is 10.6 Å². The first-order chi connectivity index (χ1) is 11.8. The van der Waals surface area contributed by atoms with Crippen molar-refractivity contribution in [2.24, 2.45) is 10.8 Å². The molecule has 0 heterocycles. The molecule has 0 unspecified atom stereocenters. The van der Waals surface area contributed by atoms with Gasteiger partial charge in [-0.2, -0.15) is 0 Å². The molecular weight excluding hydrogens is 439 g/mol. The zero-order chi connectivity index (χ0) is 19.0. The van der Waals surface area contributed by atoms with Crippen LogP contribution in [0.15, 0.2) is 34.6 Å². The number of benzene rings is 1. The molecule has 4 N–H and O–H groups in total. The van der Waals surface area contributed by atoms with Gasteiger partial charge < -0.3 is 15.2 Å². The van der Waals surface area contributed by atoms with Crippen LogP contribution in [-0.2, 0) is 19.1 Å². The Morgan fingerprint density at radius 3 is 2.48 bits per heavy atom. The lowest BCUT2D eigenvalue weighted by Crippen LogP contribution is -2.34. The highest BCUT2D eigenvalue weighted by atomic mass is 127. The van der Waals surface area contributed by atoms with Gasteiger partial charge in [0, 0.05) is 3.57 Å². The molecule has 1 rings (SSSR count). The Bertz CT molecular complexity index is 691. The van der Waals surface area contributed by atoms with Crippen molar-refractivity contribution in [3.05, 3.63) is 33.2 Å². The Hall–Kier alpha value is -2.14. The molecule has 0 bridgehead atoms. The first-order valence-electron chi connectivity index (χ1n) is 7.48. The average Bonchev–Trinajstić information content (AvgIpc) is 2.56. The molecule has 0 fully saturated rings. The molecule has 0 atom stereocenters. The molecule has 0 aliphatic heterocycles. The van der Waals surface area contributed by atoms with E-state index < -0.39 is 11.9 Å². The molecule has 0 aliphatic carbocycles. The highest BCUT2D eigenvalue weighted by molar-refractivity contribution is 14.1. The summed E-state index contributed by atoms with van der Waals surface area (Å²) >= 11 is 2.10. The minimum Gasteiger partial charge on any atom is -0.466 e. The normalized spacial score (nSPS) is 11.4. The number of anilines is 2. The fraction of sp³-hybridized carbons (Fsp3) is 0.312. The number of halogens is 1. The molecule has 0 radical (unpaired) electrons. The third kappa shape index (κ3) is 5.71. The topological polar surface area (TPSA) is 120 Å². The van der Waals surface area contributed by atoms with Crippen LogP contribution in [-0.4, -0.2) is 31.9 Å². The summed E-state index contributed by atoms with van der Waals surface area (Å²) in [6.07, 6.45) is -0.289. The lowest BCUT2D eigenvalue weighted by molar-refractivity contribution is -0.142. The van der Waals surface area contributed by atoms with E-state index in [4.69, 9.17) is 21.1 Å². The van der Waals surface area contributed by atoms with E-state index in [1.165, 1.54) is 0 Å². The van der Waals surface area contributed by atoms with E-state index >= 15 is 0 Å². The SMILES string of the molecule is C=N/C(C(=O)OCC)=C(/CC(=O)OCC)N(N)c1cc(I)ccc1N. The maximum atomic E-state index is 12.2. The Balaban J connectivity index is 3.42. The molecule has 0 aliphatic rings. The predicted octanol–water partition coefficient (Wildman–Crippen LogP) is 1.98. The second-order valence-electron chi connectivity index (χ2n) is 4.73. The fourth-order valence-electron chi connectivity index (χ4n) is 1.98. The Labute approximate surface area is 160 Å². The van der Waals surface area contributed by atoms with E-state index in [1.54, 1.807) is 32.0 Å². The fourth-order valence-corrected chi connectivity index (χ4v) is 2.45. The third-order valence-corrected chi connectivity index (χ3v) is 3.73. The van der Waals surface area contributed by atoms with Gasteiger partial charge in [0.15, 0.2) is 5.70 Å². The van der Waals surface area contributed by atoms with Gasteiger partial charge in [-0.3, -0.25) is 14.8 Å². The van der Waals surface area contributed by atoms with Crippen LogP contribution >= 0.6 is 22.6 Å². The number of hydrogen-bond donors (Lipinski definition) is 2. The smallest absolute Gasteiger partial charge is 0.358 e. The maximum absolute atomic E-state index is 12.2. The van der Waals surface area contributed by atoms with Crippen LogP contribution < -0.4 is 16.6 Å². The van der Waals surface area contributed by atoms with Crippen molar-refractivity contribution >= 4 is 52.6 Å². The molecule has 9 heteroatoms. The van der Waals surface area contributed by atoms with Crippen LogP contribution in [0.25, 0.3) is 0 Å². The van der Waals surface area contributed by atoms with Crippen LogP contribution in [0, 0.1) is 3.57 Å². The standard InChI is InChI=1S/C16H21IN4O4/c1-4-24-14(22)9-13(15(20-3)16(23)25-5-2)21(19)12-8-10(17)6-7-11(12)18/h6-8H,3-5,9,18-19H2,1-2H3/b15-13-. The Kier molecular flexibility index (Phi) is 8.35. The molecule has 8 nitrogen and oxygen atoms in total. The van der Waals surface area contributed by atoms with Gasteiger partial charge in [0.05, 0.1) is 36.7 Å². The van der Waals surface area contributed by atoms with Crippen molar-refractivity contribution in [1.29, 1.82) is 0 Å². The molecule has 25 heavy (non-hydrogen) atoms. The highest BCUT2D eigenvalue weighted by Crippen LogP contribution is 2.29. The van der Waals surface area contributed by atoms with Gasteiger partial charge in [0.1, 0.15) is 0 Å². The van der Waals surface area contributed by atoms with Gasteiger partial charge in [-0.15, -0.1) is 0 Å². The molecule has 0 saturated carbocycles. The summed E-state index contributed by atoms with van der Waals surface area (Å²) in [4.78, 5) is 27.8. The Morgan fingerprint density at radius 2 is 1.92 bits per heavy atom. The van der Waals surface area contributed by atoms with E-state index in [1.807, 2.05) is 0 Å². The summed E-state index contributed by atoms with van der Waals surface area (Å²) in [7, 11) is 0.